The minimum Gasteiger partial charge on any atom is -0.492 e. The Labute approximate surface area is 286 Å². The lowest BCUT2D eigenvalue weighted by atomic mass is 9.90. The Bertz CT molecular complexity index is 1820. The molecule has 12 nitrogen and oxygen atoms in total. The summed E-state index contributed by atoms with van der Waals surface area (Å²) in [7, 11) is 3.57. The summed E-state index contributed by atoms with van der Waals surface area (Å²) in [6, 6.07) is 18.2. The van der Waals surface area contributed by atoms with E-state index in [1.807, 2.05) is 30.3 Å². The van der Waals surface area contributed by atoms with Crippen molar-refractivity contribution < 1.29 is 19.1 Å². The van der Waals surface area contributed by atoms with E-state index in [4.69, 9.17) is 9.72 Å². The molecule has 256 valence electrons. The van der Waals surface area contributed by atoms with Gasteiger partial charge in [-0.3, -0.25) is 24.6 Å². The molecule has 0 radical (unpaired) electrons. The molecule has 1 unspecified atom stereocenters. The molecule has 49 heavy (non-hydrogen) atoms. The monoisotopic (exact) mass is 664 g/mol. The second kappa shape index (κ2) is 14.3. The summed E-state index contributed by atoms with van der Waals surface area (Å²) >= 11 is 0. The molecule has 4 aromatic rings. The number of carbonyl (C=O) groups excluding carboxylic acids is 3. The van der Waals surface area contributed by atoms with E-state index >= 15 is 0 Å². The smallest absolute Gasteiger partial charge is 0.270 e. The number of anilines is 3. The third-order valence-corrected chi connectivity index (χ3v) is 9.93. The van der Waals surface area contributed by atoms with Crippen molar-refractivity contribution in [3.63, 3.8) is 0 Å². The molecule has 3 amide bonds. The predicted molar refractivity (Wildman–Crippen MR) is 188 cm³/mol. The SMILES string of the molecule is CN(C)C(=O)c1cc2cnc(Nc3ccc(N4CCN(CCOc5cccc(C6CCC(=O)NC6=O)c5)CC4)cc3)nc2n1C1CCCC1. The zero-order chi connectivity index (χ0) is 33.9. The molecule has 4 heterocycles. The second-order valence-corrected chi connectivity index (χ2v) is 13.4. The number of ether oxygens (including phenoxy) is 1. The van der Waals surface area contributed by atoms with Gasteiger partial charge in [-0.2, -0.15) is 4.98 Å². The van der Waals surface area contributed by atoms with Crippen LogP contribution in [0.4, 0.5) is 17.3 Å². The van der Waals surface area contributed by atoms with Gasteiger partial charge in [-0.05, 0) is 67.3 Å². The molecular weight excluding hydrogens is 620 g/mol. The maximum atomic E-state index is 13.0. The predicted octanol–water partition coefficient (Wildman–Crippen LogP) is 4.71. The zero-order valence-electron chi connectivity index (χ0n) is 28.2. The van der Waals surface area contributed by atoms with Crippen LogP contribution < -0.4 is 20.3 Å². The Morgan fingerprint density at radius 2 is 1.78 bits per heavy atom. The van der Waals surface area contributed by atoms with Crippen LogP contribution in [0.3, 0.4) is 0 Å². The lowest BCUT2D eigenvalue weighted by molar-refractivity contribution is -0.134. The van der Waals surface area contributed by atoms with Crippen molar-refractivity contribution in [1.29, 1.82) is 0 Å². The minimum atomic E-state index is -0.314. The molecule has 0 bridgehead atoms. The molecule has 12 heteroatoms. The van der Waals surface area contributed by atoms with Crippen molar-refractivity contribution in [3.8, 4) is 5.75 Å². The number of carbonyl (C=O) groups is 3. The van der Waals surface area contributed by atoms with E-state index in [1.54, 1.807) is 25.2 Å². The number of fused-ring (bicyclic) bond motifs is 1. The second-order valence-electron chi connectivity index (χ2n) is 13.4. The number of benzene rings is 2. The summed E-state index contributed by atoms with van der Waals surface area (Å²) in [6.07, 6.45) is 7.12. The molecule has 0 spiro atoms. The molecule has 3 fully saturated rings. The van der Waals surface area contributed by atoms with Gasteiger partial charge in [-0.15, -0.1) is 0 Å². The zero-order valence-corrected chi connectivity index (χ0v) is 28.2. The third-order valence-electron chi connectivity index (χ3n) is 9.93. The van der Waals surface area contributed by atoms with Crippen LogP contribution in [-0.2, 0) is 9.59 Å². The van der Waals surface area contributed by atoms with Gasteiger partial charge in [0.05, 0.1) is 5.92 Å². The summed E-state index contributed by atoms with van der Waals surface area (Å²) in [4.78, 5) is 52.7. The van der Waals surface area contributed by atoms with Crippen LogP contribution in [0, 0.1) is 0 Å². The number of hydrogen-bond acceptors (Lipinski definition) is 9. The molecule has 7 rings (SSSR count). The fraction of sp³-hybridized carbons (Fsp3) is 0.432. The number of rotatable bonds is 10. The standard InChI is InChI=1S/C37H44N8O4/c1-42(2)36(48)32-23-26-24-38-37(41-34(26)45(32)29-7-3-4-8-29)39-27-10-12-28(13-11-27)44-18-16-43(17-19-44)20-21-49-30-9-5-6-25(22-30)31-14-15-33(46)40-35(31)47/h5-6,9-13,22-24,29,31H,3-4,7-8,14-21H2,1-2H3,(H,38,39,41)(H,40,46,47). The molecule has 1 saturated carbocycles. The number of piperazine rings is 1. The third kappa shape index (κ3) is 7.24. The van der Waals surface area contributed by atoms with Gasteiger partial charge in [0, 0.05) is 82.2 Å². The molecule has 2 aromatic carbocycles. The first-order valence-corrected chi connectivity index (χ1v) is 17.3. The molecule has 2 N–H and O–H groups in total. The topological polar surface area (TPSA) is 125 Å². The number of nitrogens with zero attached hydrogens (tertiary/aromatic N) is 6. The molecular formula is C37H44N8O4. The first-order chi connectivity index (χ1) is 23.8. The Morgan fingerprint density at radius 3 is 2.51 bits per heavy atom. The quantitative estimate of drug-likeness (QED) is 0.232. The van der Waals surface area contributed by atoms with Crippen molar-refractivity contribution in [1.82, 2.24) is 29.7 Å². The van der Waals surface area contributed by atoms with Gasteiger partial charge in [-0.25, -0.2) is 4.98 Å². The van der Waals surface area contributed by atoms with Crippen molar-refractivity contribution >= 4 is 46.1 Å². The number of nitrogens with one attached hydrogen (secondary N) is 2. The van der Waals surface area contributed by atoms with Crippen LogP contribution >= 0.6 is 0 Å². The van der Waals surface area contributed by atoms with E-state index in [0.717, 1.165) is 86.4 Å². The first kappa shape index (κ1) is 32.6. The van der Waals surface area contributed by atoms with E-state index in [2.05, 4.69) is 54.2 Å². The van der Waals surface area contributed by atoms with Crippen LogP contribution in [0.2, 0.25) is 0 Å². The van der Waals surface area contributed by atoms with Crippen LogP contribution in [0.1, 0.15) is 66.5 Å². The van der Waals surface area contributed by atoms with Crippen molar-refractivity contribution in [3.05, 3.63) is 72.1 Å². The number of amides is 3. The number of piperidine rings is 1. The van der Waals surface area contributed by atoms with Crippen LogP contribution in [0.25, 0.3) is 11.0 Å². The van der Waals surface area contributed by atoms with Crippen molar-refractivity contribution in [2.24, 2.45) is 0 Å². The van der Waals surface area contributed by atoms with E-state index in [-0.39, 0.29) is 29.7 Å². The summed E-state index contributed by atoms with van der Waals surface area (Å²) in [5, 5.41) is 6.68. The molecule has 1 atom stereocenters. The number of aromatic nitrogens is 3. The summed E-state index contributed by atoms with van der Waals surface area (Å²) in [5.41, 5.74) is 4.43. The summed E-state index contributed by atoms with van der Waals surface area (Å²) < 4.78 is 8.19. The highest BCUT2D eigenvalue weighted by molar-refractivity contribution is 6.01. The fourth-order valence-electron chi connectivity index (χ4n) is 7.23. The Kier molecular flexibility index (Phi) is 9.47. The van der Waals surface area contributed by atoms with Crippen molar-refractivity contribution in [2.75, 3.05) is 63.6 Å². The van der Waals surface area contributed by atoms with Gasteiger partial charge in [-0.1, -0.05) is 25.0 Å². The summed E-state index contributed by atoms with van der Waals surface area (Å²) in [6.45, 7) is 5.09. The van der Waals surface area contributed by atoms with E-state index < -0.39 is 0 Å². The average molecular weight is 665 g/mol. The van der Waals surface area contributed by atoms with E-state index in [9.17, 15) is 14.4 Å². The first-order valence-electron chi connectivity index (χ1n) is 17.3. The molecule has 1 aliphatic carbocycles. The highest BCUT2D eigenvalue weighted by Gasteiger charge is 2.29. The van der Waals surface area contributed by atoms with Gasteiger partial charge in [0.15, 0.2) is 0 Å². The van der Waals surface area contributed by atoms with Crippen LogP contribution in [0.15, 0.2) is 60.8 Å². The minimum absolute atomic E-state index is 0.0153. The highest BCUT2D eigenvalue weighted by atomic mass is 16.5. The Balaban J connectivity index is 0.917. The molecule has 2 aliphatic heterocycles. The lowest BCUT2D eigenvalue weighted by Gasteiger charge is -2.36. The average Bonchev–Trinajstić information content (AvgIpc) is 3.77. The van der Waals surface area contributed by atoms with E-state index in [1.165, 1.54) is 5.69 Å². The number of imide groups is 1. The Hall–Kier alpha value is -4.97. The summed E-state index contributed by atoms with van der Waals surface area (Å²) in [5.74, 6) is 0.488. The maximum absolute atomic E-state index is 13.0. The molecule has 2 saturated heterocycles. The maximum Gasteiger partial charge on any atom is 0.270 e. The van der Waals surface area contributed by atoms with Crippen LogP contribution in [0.5, 0.6) is 5.75 Å². The van der Waals surface area contributed by atoms with Gasteiger partial charge >= 0.3 is 0 Å². The van der Waals surface area contributed by atoms with Gasteiger partial charge < -0.3 is 24.4 Å². The molecule has 2 aromatic heterocycles. The van der Waals surface area contributed by atoms with Crippen LogP contribution in [-0.4, -0.2) is 95.5 Å². The highest BCUT2D eigenvalue weighted by Crippen LogP contribution is 2.35. The molecule has 3 aliphatic rings. The van der Waals surface area contributed by atoms with Crippen molar-refractivity contribution in [2.45, 2.75) is 50.5 Å². The fourth-order valence-corrected chi connectivity index (χ4v) is 7.23. The van der Waals surface area contributed by atoms with Gasteiger partial charge in [0.1, 0.15) is 23.7 Å². The normalized spacial score (nSPS) is 18.9. The largest absolute Gasteiger partial charge is 0.492 e. The van der Waals surface area contributed by atoms with Gasteiger partial charge in [0.25, 0.3) is 5.91 Å². The lowest BCUT2D eigenvalue weighted by Crippen LogP contribution is -2.47. The Morgan fingerprint density at radius 1 is 1.00 bits per heavy atom. The van der Waals surface area contributed by atoms with E-state index in [0.29, 0.717) is 31.1 Å². The van der Waals surface area contributed by atoms with Gasteiger partial charge in [0.2, 0.25) is 17.8 Å². The number of hydrogen-bond donors (Lipinski definition) is 2.